The monoisotopic (exact) mass is 338 g/mol. The third-order valence-corrected chi connectivity index (χ3v) is 4.02. The number of esters is 1. The Morgan fingerprint density at radius 1 is 1.20 bits per heavy atom. The van der Waals surface area contributed by atoms with E-state index in [1.165, 1.54) is 0 Å². The number of hydrogen-bond acceptors (Lipinski definition) is 4. The Hall–Kier alpha value is -2.79. The van der Waals surface area contributed by atoms with Gasteiger partial charge in [0.2, 0.25) is 0 Å². The van der Waals surface area contributed by atoms with Crippen LogP contribution in [0.15, 0.2) is 54.7 Å². The Bertz CT molecular complexity index is 843. The number of carbonyl (C=O) groups excluding carboxylic acids is 1. The Kier molecular flexibility index (Phi) is 5.36. The van der Waals surface area contributed by atoms with Crippen molar-refractivity contribution >= 4 is 16.9 Å². The minimum atomic E-state index is -0.659. The van der Waals surface area contributed by atoms with Crippen LogP contribution in [0.2, 0.25) is 0 Å². The van der Waals surface area contributed by atoms with Gasteiger partial charge in [-0.05, 0) is 30.2 Å². The molecule has 0 aliphatic rings. The number of H-pyrrole nitrogens is 1. The molecule has 0 fully saturated rings. The number of benzene rings is 2. The number of hydrogen-bond donors (Lipinski definition) is 2. The molecule has 1 heterocycles. The number of carbonyl (C=O) groups is 1. The molecule has 3 N–H and O–H groups in total. The van der Waals surface area contributed by atoms with Gasteiger partial charge < -0.3 is 20.2 Å². The fourth-order valence-electron chi connectivity index (χ4n) is 2.73. The molecule has 0 radical (unpaired) electrons. The van der Waals surface area contributed by atoms with Gasteiger partial charge in [-0.1, -0.05) is 30.3 Å². The minimum absolute atomic E-state index is 0.336. The Morgan fingerprint density at radius 3 is 2.76 bits per heavy atom. The first-order valence-electron chi connectivity index (χ1n) is 8.36. The average Bonchev–Trinajstić information content (AvgIpc) is 3.03. The highest BCUT2D eigenvalue weighted by molar-refractivity contribution is 5.85. The number of rotatable bonds is 7. The first-order valence-corrected chi connectivity index (χ1v) is 8.36. The molecule has 1 aromatic heterocycles. The van der Waals surface area contributed by atoms with Crippen molar-refractivity contribution < 1.29 is 14.3 Å². The van der Waals surface area contributed by atoms with Crippen LogP contribution in [0.25, 0.3) is 10.9 Å². The van der Waals surface area contributed by atoms with Crippen LogP contribution in [0.4, 0.5) is 0 Å². The van der Waals surface area contributed by atoms with Gasteiger partial charge in [0.1, 0.15) is 18.4 Å². The van der Waals surface area contributed by atoms with E-state index in [0.29, 0.717) is 19.6 Å². The molecular weight excluding hydrogens is 316 g/mol. The lowest BCUT2D eigenvalue weighted by atomic mass is 10.1. The molecule has 0 amide bonds. The number of aromatic amines is 1. The van der Waals surface area contributed by atoms with Gasteiger partial charge in [-0.2, -0.15) is 0 Å². The van der Waals surface area contributed by atoms with Crippen molar-refractivity contribution in [1.82, 2.24) is 4.98 Å². The molecule has 1 unspecified atom stereocenters. The molecule has 130 valence electrons. The van der Waals surface area contributed by atoms with E-state index in [0.717, 1.165) is 27.8 Å². The summed E-state index contributed by atoms with van der Waals surface area (Å²) in [5.74, 6) is 0.416. The van der Waals surface area contributed by atoms with Crippen molar-refractivity contribution in [3.8, 4) is 5.75 Å². The summed E-state index contributed by atoms with van der Waals surface area (Å²) in [5.41, 5.74) is 8.98. The summed E-state index contributed by atoms with van der Waals surface area (Å²) >= 11 is 0. The Morgan fingerprint density at radius 2 is 2.00 bits per heavy atom. The maximum absolute atomic E-state index is 11.7. The van der Waals surface area contributed by atoms with E-state index in [4.69, 9.17) is 15.2 Å². The summed E-state index contributed by atoms with van der Waals surface area (Å²) in [6.07, 6.45) is 2.31. The zero-order chi connectivity index (χ0) is 17.6. The quantitative estimate of drug-likeness (QED) is 0.649. The second-order valence-corrected chi connectivity index (χ2v) is 5.86. The summed E-state index contributed by atoms with van der Waals surface area (Å²) < 4.78 is 10.8. The van der Waals surface area contributed by atoms with Crippen LogP contribution in [0.1, 0.15) is 18.1 Å². The molecule has 0 saturated heterocycles. The minimum Gasteiger partial charge on any atom is -0.489 e. The van der Waals surface area contributed by atoms with Crippen molar-refractivity contribution in [3.63, 3.8) is 0 Å². The van der Waals surface area contributed by atoms with Crippen LogP contribution >= 0.6 is 0 Å². The average molecular weight is 338 g/mol. The molecule has 1 atom stereocenters. The molecule has 2 aromatic carbocycles. The normalized spacial score (nSPS) is 12.1. The molecule has 0 spiro atoms. The molecule has 5 heteroatoms. The van der Waals surface area contributed by atoms with Gasteiger partial charge in [-0.15, -0.1) is 0 Å². The standard InChI is InChI=1S/C20H22N2O3/c1-2-24-20(23)18(21)10-15-12-22-19-11-16(8-9-17(15)19)25-13-14-6-4-3-5-7-14/h3-9,11-12,18,22H,2,10,13,21H2,1H3. The van der Waals surface area contributed by atoms with Crippen molar-refractivity contribution in [1.29, 1.82) is 0 Å². The molecule has 0 bridgehead atoms. The van der Waals surface area contributed by atoms with Crippen molar-refractivity contribution in [2.75, 3.05) is 6.61 Å². The van der Waals surface area contributed by atoms with Gasteiger partial charge in [0.15, 0.2) is 0 Å². The number of aromatic nitrogens is 1. The maximum atomic E-state index is 11.7. The van der Waals surface area contributed by atoms with Gasteiger partial charge in [-0.3, -0.25) is 4.79 Å². The lowest BCUT2D eigenvalue weighted by molar-refractivity contribution is -0.144. The molecule has 5 nitrogen and oxygen atoms in total. The zero-order valence-electron chi connectivity index (χ0n) is 14.2. The molecule has 25 heavy (non-hydrogen) atoms. The van der Waals surface area contributed by atoms with Crippen LogP contribution in [0.5, 0.6) is 5.75 Å². The Balaban J connectivity index is 1.69. The molecule has 0 aliphatic heterocycles. The first kappa shape index (κ1) is 17.0. The molecule has 3 aromatic rings. The SMILES string of the molecule is CCOC(=O)C(N)Cc1c[nH]c2cc(OCc3ccccc3)ccc12. The highest BCUT2D eigenvalue weighted by Gasteiger charge is 2.17. The molecule has 3 rings (SSSR count). The molecule has 0 aliphatic carbocycles. The fourth-order valence-corrected chi connectivity index (χ4v) is 2.73. The van der Waals surface area contributed by atoms with Gasteiger partial charge in [0.05, 0.1) is 6.61 Å². The predicted molar refractivity (Wildman–Crippen MR) is 97.4 cm³/mol. The topological polar surface area (TPSA) is 77.3 Å². The summed E-state index contributed by atoms with van der Waals surface area (Å²) in [4.78, 5) is 14.9. The van der Waals surface area contributed by atoms with Gasteiger partial charge in [-0.25, -0.2) is 0 Å². The van der Waals surface area contributed by atoms with Crippen LogP contribution < -0.4 is 10.5 Å². The number of ether oxygens (including phenoxy) is 2. The van der Waals surface area contributed by atoms with E-state index in [1.54, 1.807) is 6.92 Å². The molecule has 0 saturated carbocycles. The second-order valence-electron chi connectivity index (χ2n) is 5.86. The van der Waals surface area contributed by atoms with Crippen LogP contribution in [0, 0.1) is 0 Å². The van der Waals surface area contributed by atoms with E-state index in [9.17, 15) is 4.79 Å². The number of nitrogens with two attached hydrogens (primary N) is 1. The third-order valence-electron chi connectivity index (χ3n) is 4.02. The zero-order valence-corrected chi connectivity index (χ0v) is 14.2. The largest absolute Gasteiger partial charge is 0.489 e. The number of nitrogens with one attached hydrogen (secondary N) is 1. The van der Waals surface area contributed by atoms with Gasteiger partial charge in [0.25, 0.3) is 0 Å². The molecular formula is C20H22N2O3. The van der Waals surface area contributed by atoms with E-state index in [2.05, 4.69) is 4.98 Å². The van der Waals surface area contributed by atoms with Crippen LogP contribution in [0.3, 0.4) is 0 Å². The lowest BCUT2D eigenvalue weighted by Gasteiger charge is -2.10. The van der Waals surface area contributed by atoms with Crippen molar-refractivity contribution in [2.24, 2.45) is 5.73 Å². The second kappa shape index (κ2) is 7.85. The fraction of sp³-hybridized carbons (Fsp3) is 0.250. The van der Waals surface area contributed by atoms with Crippen molar-refractivity contribution in [2.45, 2.75) is 26.0 Å². The maximum Gasteiger partial charge on any atom is 0.323 e. The predicted octanol–water partition coefficient (Wildman–Crippen LogP) is 3.18. The van der Waals surface area contributed by atoms with E-state index >= 15 is 0 Å². The van der Waals surface area contributed by atoms with E-state index in [-0.39, 0.29) is 5.97 Å². The summed E-state index contributed by atoms with van der Waals surface area (Å²) in [5, 5.41) is 1.03. The van der Waals surface area contributed by atoms with Gasteiger partial charge >= 0.3 is 5.97 Å². The highest BCUT2D eigenvalue weighted by Crippen LogP contribution is 2.25. The van der Waals surface area contributed by atoms with E-state index < -0.39 is 6.04 Å². The van der Waals surface area contributed by atoms with Crippen molar-refractivity contribution in [3.05, 3.63) is 65.9 Å². The third kappa shape index (κ3) is 4.19. The number of fused-ring (bicyclic) bond motifs is 1. The van der Waals surface area contributed by atoms with E-state index in [1.807, 2.05) is 54.7 Å². The summed E-state index contributed by atoms with van der Waals surface area (Å²) in [7, 11) is 0. The van der Waals surface area contributed by atoms with Crippen LogP contribution in [-0.4, -0.2) is 23.6 Å². The lowest BCUT2D eigenvalue weighted by Crippen LogP contribution is -2.34. The Labute approximate surface area is 146 Å². The van der Waals surface area contributed by atoms with Gasteiger partial charge in [0, 0.05) is 29.6 Å². The highest BCUT2D eigenvalue weighted by atomic mass is 16.5. The first-order chi connectivity index (χ1) is 12.2. The van der Waals surface area contributed by atoms with Crippen LogP contribution in [-0.2, 0) is 22.6 Å². The summed E-state index contributed by atoms with van der Waals surface area (Å²) in [6.45, 7) is 2.63. The smallest absolute Gasteiger partial charge is 0.323 e. The summed E-state index contributed by atoms with van der Waals surface area (Å²) in [6, 6.07) is 15.2.